The quantitative estimate of drug-likeness (QED) is 0.566. The summed E-state index contributed by atoms with van der Waals surface area (Å²) in [7, 11) is 6.47. The van der Waals surface area contributed by atoms with E-state index < -0.39 is 0 Å². The van der Waals surface area contributed by atoms with Gasteiger partial charge >= 0.3 is 0 Å². The topological polar surface area (TPSA) is 6.48 Å². The van der Waals surface area contributed by atoms with E-state index in [-0.39, 0.29) is 0 Å². The van der Waals surface area contributed by atoms with Crippen molar-refractivity contribution in [3.8, 4) is 0 Å². The first-order chi connectivity index (χ1) is 7.06. The molecule has 0 saturated carbocycles. The number of rotatable bonds is 9. The van der Waals surface area contributed by atoms with Gasteiger partial charge in [-0.05, 0) is 66.0 Å². The molecular weight excluding hydrogens is 208 g/mol. The summed E-state index contributed by atoms with van der Waals surface area (Å²) < 4.78 is 0. The molecule has 0 amide bonds. The number of nitrogens with zero attached hydrogens (tertiary/aromatic N) is 2. The summed E-state index contributed by atoms with van der Waals surface area (Å²) in [5.41, 5.74) is 0. The van der Waals surface area contributed by atoms with Gasteiger partial charge < -0.3 is 9.80 Å². The molecule has 0 radical (unpaired) electrons. The van der Waals surface area contributed by atoms with Crippen molar-refractivity contribution in [2.24, 2.45) is 5.92 Å². The third kappa shape index (κ3) is 10.5. The lowest BCUT2D eigenvalue weighted by Gasteiger charge is -2.19. The zero-order valence-corrected chi connectivity index (χ0v) is 11.6. The first-order valence-corrected chi connectivity index (χ1v) is 6.49. The van der Waals surface area contributed by atoms with E-state index in [0.717, 1.165) is 18.2 Å². The van der Waals surface area contributed by atoms with Crippen molar-refractivity contribution >= 4 is 11.6 Å². The van der Waals surface area contributed by atoms with Gasteiger partial charge in [-0.3, -0.25) is 0 Å². The smallest absolute Gasteiger partial charge is 0.0225 e. The molecule has 0 N–H and O–H groups in total. The average molecular weight is 235 g/mol. The number of alkyl halides is 1. The molecule has 3 heteroatoms. The van der Waals surface area contributed by atoms with Gasteiger partial charge in [0.2, 0.25) is 0 Å². The molecule has 0 spiro atoms. The first-order valence-electron chi connectivity index (χ1n) is 5.95. The highest BCUT2D eigenvalue weighted by molar-refractivity contribution is 6.17. The van der Waals surface area contributed by atoms with E-state index in [2.05, 4.69) is 37.9 Å². The van der Waals surface area contributed by atoms with Crippen molar-refractivity contribution < 1.29 is 0 Å². The Hall–Kier alpha value is 0.210. The van der Waals surface area contributed by atoms with Crippen LogP contribution in [-0.2, 0) is 0 Å². The fraction of sp³-hybridized carbons (Fsp3) is 1.00. The molecule has 0 heterocycles. The van der Waals surface area contributed by atoms with Crippen LogP contribution in [0.1, 0.15) is 26.2 Å². The molecule has 2 nitrogen and oxygen atoms in total. The summed E-state index contributed by atoms with van der Waals surface area (Å²) >= 11 is 5.71. The van der Waals surface area contributed by atoms with Gasteiger partial charge in [-0.15, -0.1) is 11.6 Å². The molecule has 15 heavy (non-hydrogen) atoms. The lowest BCUT2D eigenvalue weighted by atomic mass is 10.1. The molecule has 0 aromatic rings. The Morgan fingerprint density at radius 2 is 1.67 bits per heavy atom. The van der Waals surface area contributed by atoms with Crippen molar-refractivity contribution in [3.63, 3.8) is 0 Å². The lowest BCUT2D eigenvalue weighted by Crippen LogP contribution is -2.25. The third-order valence-electron chi connectivity index (χ3n) is 2.75. The van der Waals surface area contributed by atoms with Crippen LogP contribution >= 0.6 is 11.6 Å². The summed E-state index contributed by atoms with van der Waals surface area (Å²) in [6.07, 6.45) is 3.67. The molecule has 0 fully saturated rings. The minimum atomic E-state index is 0.763. The number of hydrogen-bond acceptors (Lipinski definition) is 2. The molecule has 0 aliphatic carbocycles. The van der Waals surface area contributed by atoms with Crippen LogP contribution in [-0.4, -0.2) is 56.5 Å². The highest BCUT2D eigenvalue weighted by atomic mass is 35.5. The van der Waals surface area contributed by atoms with E-state index in [0.29, 0.717) is 0 Å². The average Bonchev–Trinajstić information content (AvgIpc) is 2.14. The van der Waals surface area contributed by atoms with Crippen LogP contribution in [0.2, 0.25) is 0 Å². The Kier molecular flexibility index (Phi) is 9.57. The molecule has 0 aromatic carbocycles. The second kappa shape index (κ2) is 9.44. The van der Waals surface area contributed by atoms with Crippen molar-refractivity contribution in [2.75, 3.05) is 46.7 Å². The van der Waals surface area contributed by atoms with Gasteiger partial charge in [-0.25, -0.2) is 0 Å². The Morgan fingerprint density at radius 1 is 1.00 bits per heavy atom. The maximum atomic E-state index is 5.71. The van der Waals surface area contributed by atoms with Crippen molar-refractivity contribution in [1.29, 1.82) is 0 Å². The van der Waals surface area contributed by atoms with Crippen LogP contribution in [0.5, 0.6) is 0 Å². The van der Waals surface area contributed by atoms with Crippen LogP contribution in [0.3, 0.4) is 0 Å². The van der Waals surface area contributed by atoms with Gasteiger partial charge in [-0.1, -0.05) is 6.92 Å². The fourth-order valence-corrected chi connectivity index (χ4v) is 1.91. The van der Waals surface area contributed by atoms with Gasteiger partial charge in [-0.2, -0.15) is 0 Å². The van der Waals surface area contributed by atoms with E-state index in [1.165, 1.54) is 32.5 Å². The highest BCUT2D eigenvalue weighted by Crippen LogP contribution is 2.08. The van der Waals surface area contributed by atoms with Crippen LogP contribution in [0.25, 0.3) is 0 Å². The van der Waals surface area contributed by atoms with Gasteiger partial charge in [0, 0.05) is 5.88 Å². The first kappa shape index (κ1) is 15.2. The number of hydrogen-bond donors (Lipinski definition) is 0. The van der Waals surface area contributed by atoms with E-state index >= 15 is 0 Å². The van der Waals surface area contributed by atoms with Gasteiger partial charge in [0.05, 0.1) is 0 Å². The van der Waals surface area contributed by atoms with Gasteiger partial charge in [0.25, 0.3) is 0 Å². The monoisotopic (exact) mass is 234 g/mol. The molecule has 0 aliphatic rings. The maximum absolute atomic E-state index is 5.71. The Bertz CT molecular complexity index is 140. The normalized spacial score (nSPS) is 13.8. The highest BCUT2D eigenvalue weighted by Gasteiger charge is 2.04. The zero-order valence-electron chi connectivity index (χ0n) is 10.8. The molecule has 1 atom stereocenters. The molecular formula is C12H27ClN2. The predicted octanol–water partition coefficient (Wildman–Crippen LogP) is 2.53. The molecule has 92 valence electrons. The zero-order chi connectivity index (χ0) is 11.7. The number of halogens is 1. The fourth-order valence-electron chi connectivity index (χ4n) is 1.54. The van der Waals surface area contributed by atoms with E-state index in [4.69, 9.17) is 11.6 Å². The Balaban J connectivity index is 3.36. The summed E-state index contributed by atoms with van der Waals surface area (Å²) in [5, 5.41) is 0. The summed E-state index contributed by atoms with van der Waals surface area (Å²) in [5.74, 6) is 1.56. The summed E-state index contributed by atoms with van der Waals surface area (Å²) in [4.78, 5) is 4.66. The maximum Gasteiger partial charge on any atom is 0.0225 e. The third-order valence-corrected chi connectivity index (χ3v) is 2.97. The Labute approximate surface area is 101 Å². The van der Waals surface area contributed by atoms with Crippen molar-refractivity contribution in [3.05, 3.63) is 0 Å². The van der Waals surface area contributed by atoms with Crippen LogP contribution in [0.4, 0.5) is 0 Å². The van der Waals surface area contributed by atoms with E-state index in [1.807, 2.05) is 0 Å². The molecule has 0 rings (SSSR count). The lowest BCUT2D eigenvalue weighted by molar-refractivity contribution is 0.281. The van der Waals surface area contributed by atoms with Crippen molar-refractivity contribution in [2.45, 2.75) is 26.2 Å². The predicted molar refractivity (Wildman–Crippen MR) is 69.8 cm³/mol. The second-order valence-corrected chi connectivity index (χ2v) is 5.21. The van der Waals surface area contributed by atoms with E-state index in [1.54, 1.807) is 0 Å². The Morgan fingerprint density at radius 3 is 2.20 bits per heavy atom. The minimum Gasteiger partial charge on any atom is -0.309 e. The van der Waals surface area contributed by atoms with Crippen LogP contribution in [0, 0.1) is 5.92 Å². The molecule has 1 unspecified atom stereocenters. The summed E-state index contributed by atoms with van der Waals surface area (Å²) in [6, 6.07) is 0. The van der Waals surface area contributed by atoms with Gasteiger partial charge in [0.15, 0.2) is 0 Å². The second-order valence-electron chi connectivity index (χ2n) is 4.83. The molecule has 0 saturated heterocycles. The molecule has 0 aromatic heterocycles. The van der Waals surface area contributed by atoms with E-state index in [9.17, 15) is 0 Å². The standard InChI is InChI=1S/C12H27ClN2/c1-12(6-8-13)7-11-15(4)10-5-9-14(2)3/h12H,5-11H2,1-4H3. The molecule has 0 bridgehead atoms. The largest absolute Gasteiger partial charge is 0.309 e. The van der Waals surface area contributed by atoms with Crippen LogP contribution < -0.4 is 0 Å². The van der Waals surface area contributed by atoms with Crippen LogP contribution in [0.15, 0.2) is 0 Å². The minimum absolute atomic E-state index is 0.763. The SMILES string of the molecule is CC(CCCl)CCN(C)CCCN(C)C. The summed E-state index contributed by atoms with van der Waals surface area (Å²) in [6.45, 7) is 5.87. The van der Waals surface area contributed by atoms with Gasteiger partial charge in [0.1, 0.15) is 0 Å². The molecule has 0 aliphatic heterocycles. The van der Waals surface area contributed by atoms with Crippen molar-refractivity contribution in [1.82, 2.24) is 9.80 Å².